The van der Waals surface area contributed by atoms with Crippen LogP contribution in [-0.4, -0.2) is 42.8 Å². The summed E-state index contributed by atoms with van der Waals surface area (Å²) in [6, 6.07) is 7.67. The number of aromatic nitrogens is 1. The predicted molar refractivity (Wildman–Crippen MR) is 96.2 cm³/mol. The standard InChI is InChI=1S/C19H25N3O3/c1-13-9-16(14(2)22(13)8-7-21(3)4)19(23)20-11-15-5-6-17-18(10-15)25-12-24-17/h5-6,9-10H,7-8,11-12H2,1-4H3,(H,20,23). The Kier molecular flexibility index (Phi) is 4.99. The van der Waals surface area contributed by atoms with Crippen molar-refractivity contribution in [3.05, 3.63) is 46.8 Å². The molecule has 3 rings (SSSR count). The number of fused-ring (bicyclic) bond motifs is 1. The van der Waals surface area contributed by atoms with Gasteiger partial charge in [0.05, 0.1) is 5.56 Å². The van der Waals surface area contributed by atoms with Crippen LogP contribution in [0.4, 0.5) is 0 Å². The topological polar surface area (TPSA) is 55.7 Å². The van der Waals surface area contributed by atoms with E-state index in [1.54, 1.807) is 0 Å². The van der Waals surface area contributed by atoms with Gasteiger partial charge in [-0.15, -0.1) is 0 Å². The van der Waals surface area contributed by atoms with Gasteiger partial charge in [0.2, 0.25) is 6.79 Å². The Hall–Kier alpha value is -2.47. The van der Waals surface area contributed by atoms with Crippen LogP contribution in [0.1, 0.15) is 27.3 Å². The minimum Gasteiger partial charge on any atom is -0.454 e. The molecule has 0 saturated heterocycles. The summed E-state index contributed by atoms with van der Waals surface area (Å²) in [6.07, 6.45) is 0. The van der Waals surface area contributed by atoms with Crippen LogP contribution in [0.2, 0.25) is 0 Å². The summed E-state index contributed by atoms with van der Waals surface area (Å²) < 4.78 is 12.9. The summed E-state index contributed by atoms with van der Waals surface area (Å²) >= 11 is 0. The fourth-order valence-corrected chi connectivity index (χ4v) is 3.00. The highest BCUT2D eigenvalue weighted by Crippen LogP contribution is 2.32. The number of ether oxygens (including phenoxy) is 2. The van der Waals surface area contributed by atoms with Crippen molar-refractivity contribution in [2.75, 3.05) is 27.4 Å². The fourth-order valence-electron chi connectivity index (χ4n) is 3.00. The summed E-state index contributed by atoms with van der Waals surface area (Å²) in [5, 5.41) is 2.99. The van der Waals surface area contributed by atoms with Gasteiger partial charge in [-0.2, -0.15) is 0 Å². The van der Waals surface area contributed by atoms with Crippen molar-refractivity contribution in [1.29, 1.82) is 0 Å². The van der Waals surface area contributed by atoms with E-state index < -0.39 is 0 Å². The number of nitrogens with zero attached hydrogens (tertiary/aromatic N) is 2. The average molecular weight is 343 g/mol. The van der Waals surface area contributed by atoms with Gasteiger partial charge in [-0.3, -0.25) is 4.79 Å². The lowest BCUT2D eigenvalue weighted by Crippen LogP contribution is -2.24. The van der Waals surface area contributed by atoms with Gasteiger partial charge in [0.15, 0.2) is 11.5 Å². The molecule has 6 heteroatoms. The van der Waals surface area contributed by atoms with Crippen LogP contribution >= 0.6 is 0 Å². The maximum absolute atomic E-state index is 12.6. The summed E-state index contributed by atoms with van der Waals surface area (Å²) in [7, 11) is 4.10. The summed E-state index contributed by atoms with van der Waals surface area (Å²) in [5.41, 5.74) is 3.83. The van der Waals surface area contributed by atoms with E-state index in [0.29, 0.717) is 6.54 Å². The van der Waals surface area contributed by atoms with Crippen LogP contribution in [0.3, 0.4) is 0 Å². The minimum absolute atomic E-state index is 0.0538. The average Bonchev–Trinajstić information content (AvgIpc) is 3.15. The van der Waals surface area contributed by atoms with Crippen molar-refractivity contribution in [3.63, 3.8) is 0 Å². The van der Waals surface area contributed by atoms with Crippen LogP contribution in [0.5, 0.6) is 11.5 Å². The van der Waals surface area contributed by atoms with E-state index in [9.17, 15) is 4.79 Å². The second kappa shape index (κ2) is 7.19. The van der Waals surface area contributed by atoms with Gasteiger partial charge >= 0.3 is 0 Å². The van der Waals surface area contributed by atoms with Crippen LogP contribution in [0.15, 0.2) is 24.3 Å². The Bertz CT molecular complexity index is 780. The number of nitrogens with one attached hydrogen (secondary N) is 1. The molecule has 0 bridgehead atoms. The maximum Gasteiger partial charge on any atom is 0.253 e. The largest absolute Gasteiger partial charge is 0.454 e. The predicted octanol–water partition coefficient (Wildman–Crippen LogP) is 2.33. The molecule has 0 radical (unpaired) electrons. The number of aryl methyl sites for hydroxylation is 1. The molecule has 0 saturated carbocycles. The monoisotopic (exact) mass is 343 g/mol. The van der Waals surface area contributed by atoms with E-state index in [4.69, 9.17) is 9.47 Å². The number of hydrogen-bond donors (Lipinski definition) is 1. The molecule has 0 fully saturated rings. The molecule has 1 aliphatic rings. The zero-order chi connectivity index (χ0) is 18.0. The highest BCUT2D eigenvalue weighted by atomic mass is 16.7. The number of hydrogen-bond acceptors (Lipinski definition) is 4. The third kappa shape index (κ3) is 3.79. The van der Waals surface area contributed by atoms with Crippen LogP contribution in [0, 0.1) is 13.8 Å². The molecule has 6 nitrogen and oxygen atoms in total. The molecule has 2 heterocycles. The molecule has 25 heavy (non-hydrogen) atoms. The lowest BCUT2D eigenvalue weighted by Gasteiger charge is -2.14. The third-order valence-electron chi connectivity index (χ3n) is 4.48. The van der Waals surface area contributed by atoms with Gasteiger partial charge in [-0.25, -0.2) is 0 Å². The maximum atomic E-state index is 12.6. The summed E-state index contributed by atoms with van der Waals surface area (Å²) in [4.78, 5) is 14.7. The first-order valence-electron chi connectivity index (χ1n) is 8.44. The normalized spacial score (nSPS) is 12.7. The van der Waals surface area contributed by atoms with E-state index in [0.717, 1.165) is 47.1 Å². The quantitative estimate of drug-likeness (QED) is 0.875. The number of amides is 1. The fraction of sp³-hybridized carbons (Fsp3) is 0.421. The van der Waals surface area contributed by atoms with Gasteiger partial charge in [-0.1, -0.05) is 6.07 Å². The SMILES string of the molecule is Cc1cc(C(=O)NCc2ccc3c(c2)OCO3)c(C)n1CCN(C)C. The number of carbonyl (C=O) groups excluding carboxylic acids is 1. The van der Waals surface area contributed by atoms with Crippen molar-refractivity contribution < 1.29 is 14.3 Å². The highest BCUT2D eigenvalue weighted by molar-refractivity contribution is 5.95. The second-order valence-corrected chi connectivity index (χ2v) is 6.61. The van der Waals surface area contributed by atoms with Crippen LogP contribution in [-0.2, 0) is 13.1 Å². The van der Waals surface area contributed by atoms with Crippen molar-refractivity contribution >= 4 is 5.91 Å². The number of carbonyl (C=O) groups is 1. The molecule has 134 valence electrons. The molecule has 0 unspecified atom stereocenters. The smallest absolute Gasteiger partial charge is 0.253 e. The molecule has 0 spiro atoms. The zero-order valence-electron chi connectivity index (χ0n) is 15.3. The lowest BCUT2D eigenvalue weighted by atomic mass is 10.2. The minimum atomic E-state index is -0.0538. The molecule has 1 aromatic heterocycles. The summed E-state index contributed by atoms with van der Waals surface area (Å²) in [6.45, 7) is 6.56. The Labute approximate surface area is 148 Å². The van der Waals surface area contributed by atoms with E-state index in [1.165, 1.54) is 0 Å². The second-order valence-electron chi connectivity index (χ2n) is 6.61. The van der Waals surface area contributed by atoms with Crippen molar-refractivity contribution in [2.45, 2.75) is 26.9 Å². The molecule has 0 atom stereocenters. The van der Waals surface area contributed by atoms with Gasteiger partial charge in [-0.05, 0) is 51.7 Å². The molecule has 1 aromatic carbocycles. The Balaban J connectivity index is 1.66. The number of rotatable bonds is 6. The van der Waals surface area contributed by atoms with Gasteiger partial charge < -0.3 is 24.3 Å². The Morgan fingerprint density at radius 2 is 1.96 bits per heavy atom. The highest BCUT2D eigenvalue weighted by Gasteiger charge is 2.17. The van der Waals surface area contributed by atoms with Crippen LogP contribution < -0.4 is 14.8 Å². The number of likely N-dealkylation sites (N-methyl/N-ethyl adjacent to an activating group) is 1. The zero-order valence-corrected chi connectivity index (χ0v) is 15.3. The number of benzene rings is 1. The van der Waals surface area contributed by atoms with Gasteiger partial charge in [0.1, 0.15) is 0 Å². The van der Waals surface area contributed by atoms with Crippen molar-refractivity contribution in [2.24, 2.45) is 0 Å². The van der Waals surface area contributed by atoms with E-state index in [-0.39, 0.29) is 12.7 Å². The molecular weight excluding hydrogens is 318 g/mol. The lowest BCUT2D eigenvalue weighted by molar-refractivity contribution is 0.0950. The molecule has 1 N–H and O–H groups in total. The molecule has 2 aromatic rings. The van der Waals surface area contributed by atoms with Crippen molar-refractivity contribution in [3.8, 4) is 11.5 Å². The Morgan fingerprint density at radius 1 is 1.20 bits per heavy atom. The third-order valence-corrected chi connectivity index (χ3v) is 4.48. The summed E-state index contributed by atoms with van der Waals surface area (Å²) in [5.74, 6) is 1.43. The first-order valence-corrected chi connectivity index (χ1v) is 8.44. The first kappa shape index (κ1) is 17.4. The van der Waals surface area contributed by atoms with Gasteiger partial charge in [0, 0.05) is 31.0 Å². The Morgan fingerprint density at radius 3 is 2.72 bits per heavy atom. The van der Waals surface area contributed by atoms with Crippen molar-refractivity contribution in [1.82, 2.24) is 14.8 Å². The van der Waals surface area contributed by atoms with Gasteiger partial charge in [0.25, 0.3) is 5.91 Å². The van der Waals surface area contributed by atoms with E-state index >= 15 is 0 Å². The first-order chi connectivity index (χ1) is 12.0. The molecule has 1 amide bonds. The molecule has 1 aliphatic heterocycles. The van der Waals surface area contributed by atoms with Crippen LogP contribution in [0.25, 0.3) is 0 Å². The molecular formula is C19H25N3O3. The van der Waals surface area contributed by atoms with E-state index in [1.807, 2.05) is 52.2 Å². The van der Waals surface area contributed by atoms with E-state index in [2.05, 4.69) is 14.8 Å². The molecule has 0 aliphatic carbocycles.